The number of aromatic amines is 1. The molecule has 0 aliphatic rings. The molecule has 3 aromatic rings. The number of aromatic nitrogens is 2. The first-order chi connectivity index (χ1) is 10.8. The molecule has 0 radical (unpaired) electrons. The molecule has 1 amide bonds. The van der Waals surface area contributed by atoms with E-state index in [1.54, 1.807) is 36.7 Å². The Bertz CT molecular complexity index is 793. The highest BCUT2D eigenvalue weighted by atomic mass is 16.1. The van der Waals surface area contributed by atoms with Crippen molar-refractivity contribution in [2.75, 3.05) is 5.32 Å². The Morgan fingerprint density at radius 2 is 1.91 bits per heavy atom. The molecule has 2 N–H and O–H groups in total. The van der Waals surface area contributed by atoms with Gasteiger partial charge in [0.2, 0.25) is 0 Å². The van der Waals surface area contributed by atoms with Crippen LogP contribution in [0.3, 0.4) is 0 Å². The second kappa shape index (κ2) is 6.05. The average Bonchev–Trinajstić information content (AvgIpc) is 3.10. The Balaban J connectivity index is 1.75. The normalized spacial score (nSPS) is 10.2. The van der Waals surface area contributed by atoms with Crippen molar-refractivity contribution in [2.24, 2.45) is 0 Å². The van der Waals surface area contributed by atoms with Gasteiger partial charge in [0.05, 0.1) is 6.20 Å². The van der Waals surface area contributed by atoms with E-state index < -0.39 is 0 Å². The maximum absolute atomic E-state index is 12.2. The lowest BCUT2D eigenvalue weighted by Gasteiger charge is -2.06. The van der Waals surface area contributed by atoms with E-state index >= 15 is 0 Å². The molecule has 5 heteroatoms. The van der Waals surface area contributed by atoms with Crippen molar-refractivity contribution in [3.63, 3.8) is 0 Å². The number of H-pyrrole nitrogens is 1. The van der Waals surface area contributed by atoms with Gasteiger partial charge in [0.1, 0.15) is 6.29 Å². The number of anilines is 1. The Morgan fingerprint density at radius 3 is 2.59 bits per heavy atom. The van der Waals surface area contributed by atoms with Crippen molar-refractivity contribution in [3.05, 3.63) is 72.1 Å². The number of carbonyl (C=O) groups is 2. The molecule has 0 spiro atoms. The molecule has 0 fully saturated rings. The van der Waals surface area contributed by atoms with Crippen molar-refractivity contribution in [3.8, 4) is 11.1 Å². The monoisotopic (exact) mass is 291 g/mol. The van der Waals surface area contributed by atoms with Crippen LogP contribution < -0.4 is 5.32 Å². The lowest BCUT2D eigenvalue weighted by molar-refractivity contribution is 0.102. The van der Waals surface area contributed by atoms with E-state index in [0.29, 0.717) is 16.8 Å². The molecule has 0 bridgehead atoms. The van der Waals surface area contributed by atoms with Crippen LogP contribution in [0.15, 0.2) is 60.9 Å². The highest BCUT2D eigenvalue weighted by Gasteiger charge is 2.07. The van der Waals surface area contributed by atoms with Crippen LogP contribution in [0.1, 0.15) is 20.7 Å². The van der Waals surface area contributed by atoms with E-state index in [2.05, 4.69) is 15.5 Å². The van der Waals surface area contributed by atoms with E-state index in [-0.39, 0.29) is 5.91 Å². The maximum Gasteiger partial charge on any atom is 0.255 e. The van der Waals surface area contributed by atoms with Crippen LogP contribution in [0.4, 0.5) is 5.69 Å². The predicted octanol–water partition coefficient (Wildman–Crippen LogP) is 3.14. The van der Waals surface area contributed by atoms with Gasteiger partial charge in [-0.05, 0) is 29.8 Å². The summed E-state index contributed by atoms with van der Waals surface area (Å²) >= 11 is 0. The van der Waals surface area contributed by atoms with Crippen molar-refractivity contribution in [1.82, 2.24) is 10.2 Å². The van der Waals surface area contributed by atoms with Gasteiger partial charge >= 0.3 is 0 Å². The van der Waals surface area contributed by atoms with Gasteiger partial charge in [-0.3, -0.25) is 14.7 Å². The van der Waals surface area contributed by atoms with Crippen molar-refractivity contribution < 1.29 is 9.59 Å². The first kappa shape index (κ1) is 13.8. The summed E-state index contributed by atoms with van der Waals surface area (Å²) in [5.41, 5.74) is 3.60. The predicted molar refractivity (Wildman–Crippen MR) is 83.8 cm³/mol. The highest BCUT2D eigenvalue weighted by Crippen LogP contribution is 2.20. The number of rotatable bonds is 4. The largest absolute Gasteiger partial charge is 0.322 e. The van der Waals surface area contributed by atoms with Gasteiger partial charge in [-0.2, -0.15) is 5.10 Å². The van der Waals surface area contributed by atoms with Crippen LogP contribution >= 0.6 is 0 Å². The van der Waals surface area contributed by atoms with Crippen LogP contribution in [-0.4, -0.2) is 22.4 Å². The van der Waals surface area contributed by atoms with Gasteiger partial charge < -0.3 is 5.32 Å². The topological polar surface area (TPSA) is 74.8 Å². The zero-order valence-corrected chi connectivity index (χ0v) is 11.6. The van der Waals surface area contributed by atoms with E-state index in [4.69, 9.17) is 0 Å². The number of aldehydes is 1. The number of benzene rings is 2. The molecule has 0 saturated heterocycles. The minimum atomic E-state index is -0.250. The molecular formula is C17H13N3O2. The average molecular weight is 291 g/mol. The Morgan fingerprint density at radius 1 is 1.09 bits per heavy atom. The third-order valence-electron chi connectivity index (χ3n) is 3.26. The number of hydrogen-bond acceptors (Lipinski definition) is 3. The van der Waals surface area contributed by atoms with E-state index in [1.165, 1.54) is 0 Å². The lowest BCUT2D eigenvalue weighted by Crippen LogP contribution is -2.12. The van der Waals surface area contributed by atoms with Crippen LogP contribution in [0.2, 0.25) is 0 Å². The molecule has 3 rings (SSSR count). The van der Waals surface area contributed by atoms with E-state index in [0.717, 1.165) is 17.4 Å². The third-order valence-corrected chi connectivity index (χ3v) is 3.26. The lowest BCUT2D eigenvalue weighted by atomic mass is 10.1. The molecule has 0 unspecified atom stereocenters. The minimum absolute atomic E-state index is 0.250. The summed E-state index contributed by atoms with van der Waals surface area (Å²) < 4.78 is 0. The fourth-order valence-corrected chi connectivity index (χ4v) is 2.11. The molecule has 1 aromatic heterocycles. The highest BCUT2D eigenvalue weighted by molar-refractivity contribution is 6.05. The van der Waals surface area contributed by atoms with E-state index in [1.807, 2.05) is 24.3 Å². The van der Waals surface area contributed by atoms with Crippen LogP contribution in [0, 0.1) is 0 Å². The first-order valence-corrected chi connectivity index (χ1v) is 6.72. The fourth-order valence-electron chi connectivity index (χ4n) is 2.11. The fraction of sp³-hybridized carbons (Fsp3) is 0. The molecule has 0 aliphatic carbocycles. The maximum atomic E-state index is 12.2. The third kappa shape index (κ3) is 2.93. The summed E-state index contributed by atoms with van der Waals surface area (Å²) in [6.45, 7) is 0. The second-order valence-electron chi connectivity index (χ2n) is 4.76. The van der Waals surface area contributed by atoms with E-state index in [9.17, 15) is 9.59 Å². The summed E-state index contributed by atoms with van der Waals surface area (Å²) in [6, 6.07) is 14.0. The van der Waals surface area contributed by atoms with Gasteiger partial charge in [0.25, 0.3) is 5.91 Å². The Labute approximate surface area is 127 Å². The Kier molecular flexibility index (Phi) is 3.78. The summed E-state index contributed by atoms with van der Waals surface area (Å²) in [5, 5.41) is 9.46. The van der Waals surface area contributed by atoms with Gasteiger partial charge in [-0.15, -0.1) is 0 Å². The smallest absolute Gasteiger partial charge is 0.255 e. The summed E-state index contributed by atoms with van der Waals surface area (Å²) in [7, 11) is 0. The first-order valence-electron chi connectivity index (χ1n) is 6.72. The molecule has 1 heterocycles. The minimum Gasteiger partial charge on any atom is -0.322 e. The molecule has 0 aliphatic heterocycles. The summed E-state index contributed by atoms with van der Waals surface area (Å²) in [5.74, 6) is -0.250. The number of nitrogens with zero attached hydrogens (tertiary/aromatic N) is 1. The molecular weight excluding hydrogens is 278 g/mol. The SMILES string of the molecule is O=Cc1cccc(C(=O)Nc2ccc(-c3cn[nH]c3)cc2)c1. The summed E-state index contributed by atoms with van der Waals surface area (Å²) in [6.07, 6.45) is 4.26. The standard InChI is InChI=1S/C17H13N3O2/c21-11-12-2-1-3-14(8-12)17(22)20-16-6-4-13(5-7-16)15-9-18-19-10-15/h1-11H,(H,18,19)(H,20,22). The zero-order chi connectivity index (χ0) is 15.4. The van der Waals surface area contributed by atoms with Crippen molar-refractivity contribution >= 4 is 17.9 Å². The molecule has 22 heavy (non-hydrogen) atoms. The van der Waals surface area contributed by atoms with Crippen LogP contribution in [0.25, 0.3) is 11.1 Å². The van der Waals surface area contributed by atoms with Crippen molar-refractivity contribution in [1.29, 1.82) is 0 Å². The van der Waals surface area contributed by atoms with Crippen molar-refractivity contribution in [2.45, 2.75) is 0 Å². The Hall–Kier alpha value is -3.21. The molecule has 5 nitrogen and oxygen atoms in total. The molecule has 0 saturated carbocycles. The molecule has 108 valence electrons. The zero-order valence-electron chi connectivity index (χ0n) is 11.6. The van der Waals surface area contributed by atoms with Gasteiger partial charge in [0, 0.05) is 28.6 Å². The number of carbonyl (C=O) groups excluding carboxylic acids is 2. The second-order valence-corrected chi connectivity index (χ2v) is 4.76. The molecule has 2 aromatic carbocycles. The van der Waals surface area contributed by atoms with Gasteiger partial charge in [-0.25, -0.2) is 0 Å². The quantitative estimate of drug-likeness (QED) is 0.725. The number of hydrogen-bond donors (Lipinski definition) is 2. The van der Waals surface area contributed by atoms with Crippen LogP contribution in [0.5, 0.6) is 0 Å². The number of nitrogens with one attached hydrogen (secondary N) is 2. The van der Waals surface area contributed by atoms with Crippen LogP contribution in [-0.2, 0) is 0 Å². The van der Waals surface area contributed by atoms with Gasteiger partial charge in [0.15, 0.2) is 0 Å². The number of amides is 1. The van der Waals surface area contributed by atoms with Gasteiger partial charge in [-0.1, -0.05) is 24.3 Å². The molecule has 0 atom stereocenters. The summed E-state index contributed by atoms with van der Waals surface area (Å²) in [4.78, 5) is 22.9.